The fourth-order valence-corrected chi connectivity index (χ4v) is 3.20. The summed E-state index contributed by atoms with van der Waals surface area (Å²) in [4.78, 5) is 20.4. The molecule has 2 N–H and O–H groups in total. The number of amides is 1. The molecule has 4 rings (SSSR count). The van der Waals surface area contributed by atoms with Gasteiger partial charge in [0.15, 0.2) is 0 Å². The number of carbonyl (C=O) groups is 1. The van der Waals surface area contributed by atoms with E-state index in [1.165, 1.54) is 6.42 Å². The van der Waals surface area contributed by atoms with E-state index in [2.05, 4.69) is 20.6 Å². The highest BCUT2D eigenvalue weighted by molar-refractivity contribution is 5.93. The lowest BCUT2D eigenvalue weighted by Crippen LogP contribution is -2.48. The number of carbonyl (C=O) groups excluding carboxylic acids is 1. The van der Waals surface area contributed by atoms with Crippen LogP contribution in [0.4, 0.5) is 0 Å². The predicted molar refractivity (Wildman–Crippen MR) is 68.8 cm³/mol. The van der Waals surface area contributed by atoms with E-state index in [9.17, 15) is 4.79 Å². The molecular formula is C13H15N5O. The molecule has 1 saturated carbocycles. The minimum absolute atomic E-state index is 0.0944. The van der Waals surface area contributed by atoms with Gasteiger partial charge in [0.05, 0.1) is 11.7 Å². The molecule has 1 aliphatic heterocycles. The number of imidazole rings is 1. The molecule has 6 nitrogen and oxygen atoms in total. The molecule has 0 unspecified atom stereocenters. The highest BCUT2D eigenvalue weighted by Crippen LogP contribution is 2.31. The molecule has 1 amide bonds. The van der Waals surface area contributed by atoms with E-state index in [1.807, 2.05) is 0 Å². The maximum absolute atomic E-state index is 12.2. The van der Waals surface area contributed by atoms with Crippen molar-refractivity contribution in [1.82, 2.24) is 25.0 Å². The van der Waals surface area contributed by atoms with Gasteiger partial charge in [-0.1, -0.05) is 0 Å². The maximum Gasteiger partial charge on any atom is 0.270 e. The summed E-state index contributed by atoms with van der Waals surface area (Å²) in [6, 6.07) is 2.45. The first kappa shape index (κ1) is 10.9. The first-order valence-electron chi connectivity index (χ1n) is 6.61. The van der Waals surface area contributed by atoms with Gasteiger partial charge >= 0.3 is 0 Å². The van der Waals surface area contributed by atoms with Crippen LogP contribution in [0.25, 0.3) is 5.52 Å². The molecule has 0 aromatic carbocycles. The molecule has 98 valence electrons. The second-order valence-electron chi connectivity index (χ2n) is 5.43. The standard InChI is InChI=1S/C13H15N5O/c19-13(17-11-2-8-1-10(11)15-4-8)12-3-9-5-14-6-18(9)7-16-12/h3,5-8,10-11,15H,1-2,4H2,(H,17,19)/t8-,10-,11-/m0/s1. The molecular weight excluding hydrogens is 242 g/mol. The molecule has 2 aromatic heterocycles. The smallest absolute Gasteiger partial charge is 0.270 e. The average molecular weight is 257 g/mol. The Kier molecular flexibility index (Phi) is 2.32. The van der Waals surface area contributed by atoms with Crippen molar-refractivity contribution in [2.45, 2.75) is 24.9 Å². The van der Waals surface area contributed by atoms with Gasteiger partial charge in [-0.05, 0) is 31.4 Å². The molecule has 1 aliphatic carbocycles. The summed E-state index contributed by atoms with van der Waals surface area (Å²) in [6.07, 6.45) is 7.27. The number of aromatic nitrogens is 3. The fourth-order valence-electron chi connectivity index (χ4n) is 3.20. The first-order valence-corrected chi connectivity index (χ1v) is 6.61. The number of fused-ring (bicyclic) bond motifs is 3. The maximum atomic E-state index is 12.2. The van der Waals surface area contributed by atoms with Crippen molar-refractivity contribution in [2.24, 2.45) is 5.92 Å². The van der Waals surface area contributed by atoms with Crippen LogP contribution in [0.15, 0.2) is 24.9 Å². The molecule has 2 aromatic rings. The molecule has 2 aliphatic rings. The van der Waals surface area contributed by atoms with E-state index < -0.39 is 0 Å². The van der Waals surface area contributed by atoms with Crippen LogP contribution in [0.3, 0.4) is 0 Å². The van der Waals surface area contributed by atoms with Crippen LogP contribution in [0.5, 0.6) is 0 Å². The average Bonchev–Trinajstić information content (AvgIpc) is 3.13. The van der Waals surface area contributed by atoms with E-state index in [0.29, 0.717) is 11.7 Å². The summed E-state index contributed by atoms with van der Waals surface area (Å²) >= 11 is 0. The van der Waals surface area contributed by atoms with E-state index in [-0.39, 0.29) is 11.9 Å². The minimum Gasteiger partial charge on any atom is -0.346 e. The van der Waals surface area contributed by atoms with Crippen LogP contribution in [0, 0.1) is 5.92 Å². The monoisotopic (exact) mass is 257 g/mol. The largest absolute Gasteiger partial charge is 0.346 e. The number of hydrogen-bond acceptors (Lipinski definition) is 4. The summed E-state index contributed by atoms with van der Waals surface area (Å²) in [5.41, 5.74) is 1.34. The van der Waals surface area contributed by atoms with Gasteiger partial charge in [0, 0.05) is 12.1 Å². The zero-order chi connectivity index (χ0) is 12.8. The highest BCUT2D eigenvalue weighted by Gasteiger charge is 2.40. The van der Waals surface area contributed by atoms with Crippen LogP contribution < -0.4 is 10.6 Å². The van der Waals surface area contributed by atoms with Crippen molar-refractivity contribution in [3.63, 3.8) is 0 Å². The van der Waals surface area contributed by atoms with Gasteiger partial charge in [0.1, 0.15) is 18.3 Å². The fraction of sp³-hybridized carbons (Fsp3) is 0.462. The van der Waals surface area contributed by atoms with Crippen molar-refractivity contribution < 1.29 is 4.79 Å². The van der Waals surface area contributed by atoms with Crippen LogP contribution in [0.2, 0.25) is 0 Å². The van der Waals surface area contributed by atoms with Crippen LogP contribution in [-0.2, 0) is 0 Å². The number of hydrogen-bond donors (Lipinski definition) is 2. The molecule has 6 heteroatoms. The Hall–Kier alpha value is -1.95. The zero-order valence-electron chi connectivity index (χ0n) is 10.4. The van der Waals surface area contributed by atoms with Crippen molar-refractivity contribution >= 4 is 11.4 Å². The molecule has 3 heterocycles. The van der Waals surface area contributed by atoms with E-state index in [0.717, 1.165) is 24.4 Å². The number of nitrogens with zero attached hydrogens (tertiary/aromatic N) is 3. The van der Waals surface area contributed by atoms with Crippen LogP contribution in [-0.4, -0.2) is 38.9 Å². The third kappa shape index (κ3) is 1.79. The van der Waals surface area contributed by atoms with Crippen molar-refractivity contribution in [2.75, 3.05) is 6.54 Å². The summed E-state index contributed by atoms with van der Waals surface area (Å²) in [6.45, 7) is 1.09. The number of nitrogens with one attached hydrogen (secondary N) is 2. The summed E-state index contributed by atoms with van der Waals surface area (Å²) < 4.78 is 1.79. The molecule has 3 atom stereocenters. The first-order chi connectivity index (χ1) is 9.29. The van der Waals surface area contributed by atoms with Gasteiger partial charge in [-0.3, -0.25) is 9.20 Å². The third-order valence-corrected chi connectivity index (χ3v) is 4.18. The van der Waals surface area contributed by atoms with Gasteiger partial charge in [0.25, 0.3) is 5.91 Å². The zero-order valence-corrected chi connectivity index (χ0v) is 10.4. The lowest BCUT2D eigenvalue weighted by Gasteiger charge is -2.23. The van der Waals surface area contributed by atoms with E-state index >= 15 is 0 Å². The van der Waals surface area contributed by atoms with Crippen LogP contribution >= 0.6 is 0 Å². The highest BCUT2D eigenvalue weighted by atomic mass is 16.2. The Morgan fingerprint density at radius 1 is 1.42 bits per heavy atom. The summed E-state index contributed by atoms with van der Waals surface area (Å²) in [5, 5.41) is 6.53. The Labute approximate surface area is 110 Å². The molecule has 2 fully saturated rings. The van der Waals surface area contributed by atoms with Gasteiger partial charge in [-0.2, -0.15) is 0 Å². The van der Waals surface area contributed by atoms with Gasteiger partial charge < -0.3 is 10.6 Å². The van der Waals surface area contributed by atoms with Crippen molar-refractivity contribution in [1.29, 1.82) is 0 Å². The normalized spacial score (nSPS) is 28.9. The second kappa shape index (κ2) is 4.03. The number of rotatable bonds is 2. The Balaban J connectivity index is 1.53. The lowest BCUT2D eigenvalue weighted by atomic mass is 10.1. The Morgan fingerprint density at radius 3 is 3.16 bits per heavy atom. The quantitative estimate of drug-likeness (QED) is 0.807. The minimum atomic E-state index is -0.0944. The van der Waals surface area contributed by atoms with Gasteiger partial charge in [0.2, 0.25) is 0 Å². The second-order valence-corrected chi connectivity index (χ2v) is 5.43. The molecule has 0 spiro atoms. The van der Waals surface area contributed by atoms with Crippen molar-refractivity contribution in [3.8, 4) is 0 Å². The molecule has 19 heavy (non-hydrogen) atoms. The van der Waals surface area contributed by atoms with Gasteiger partial charge in [-0.15, -0.1) is 0 Å². The van der Waals surface area contributed by atoms with Crippen LogP contribution in [0.1, 0.15) is 23.3 Å². The SMILES string of the molecule is O=C(N[C@H]1C[C@H]2CN[C@H]1C2)c1cc2cncn2cn1. The summed E-state index contributed by atoms with van der Waals surface area (Å²) in [7, 11) is 0. The van der Waals surface area contributed by atoms with E-state index in [1.54, 1.807) is 29.3 Å². The lowest BCUT2D eigenvalue weighted by molar-refractivity contribution is 0.0923. The summed E-state index contributed by atoms with van der Waals surface area (Å²) in [5.74, 6) is 0.628. The van der Waals surface area contributed by atoms with Gasteiger partial charge in [-0.25, -0.2) is 9.97 Å². The number of piperidine rings is 1. The molecule has 2 bridgehead atoms. The van der Waals surface area contributed by atoms with Crippen molar-refractivity contribution in [3.05, 3.63) is 30.6 Å². The molecule has 1 saturated heterocycles. The molecule has 0 radical (unpaired) electrons. The third-order valence-electron chi connectivity index (χ3n) is 4.18. The Bertz CT molecular complexity index is 637. The predicted octanol–water partition coefficient (Wildman–Crippen LogP) is 0.209. The Morgan fingerprint density at radius 2 is 2.37 bits per heavy atom. The topological polar surface area (TPSA) is 71.3 Å². The van der Waals surface area contributed by atoms with E-state index in [4.69, 9.17) is 0 Å².